The minimum atomic E-state index is -0.267. The van der Waals surface area contributed by atoms with E-state index in [1.807, 2.05) is 23.7 Å². The summed E-state index contributed by atoms with van der Waals surface area (Å²) >= 11 is 6.08. The first-order valence-corrected chi connectivity index (χ1v) is 11.4. The molecule has 1 aliphatic carbocycles. The molecule has 0 unspecified atom stereocenters. The van der Waals surface area contributed by atoms with E-state index in [2.05, 4.69) is 41.5 Å². The SMILES string of the molecule is Cn1c(C(=O)NC[C@]2(C)CCC[C@@H](O)C[C@H](c3ccccc3)C2)nc2cc(Cl)ccc21. The van der Waals surface area contributed by atoms with E-state index in [1.54, 1.807) is 12.1 Å². The van der Waals surface area contributed by atoms with Crippen molar-refractivity contribution in [3.63, 3.8) is 0 Å². The van der Waals surface area contributed by atoms with Gasteiger partial charge in [0.25, 0.3) is 5.91 Å². The first-order valence-electron chi connectivity index (χ1n) is 11.0. The number of aryl methyl sites for hydroxylation is 1. The number of carbonyl (C=O) groups is 1. The fourth-order valence-electron chi connectivity index (χ4n) is 4.88. The van der Waals surface area contributed by atoms with Crippen molar-refractivity contribution in [2.75, 3.05) is 6.54 Å². The number of amides is 1. The fraction of sp³-hybridized carbons (Fsp3) is 0.440. The predicted molar refractivity (Wildman–Crippen MR) is 124 cm³/mol. The van der Waals surface area contributed by atoms with Crippen LogP contribution < -0.4 is 5.32 Å². The molecule has 1 fully saturated rings. The van der Waals surface area contributed by atoms with Crippen LogP contribution in [0.15, 0.2) is 48.5 Å². The number of aliphatic hydroxyl groups is 1. The molecule has 2 aromatic carbocycles. The molecule has 1 amide bonds. The van der Waals surface area contributed by atoms with Crippen LogP contribution in [-0.4, -0.2) is 33.2 Å². The van der Waals surface area contributed by atoms with Crippen molar-refractivity contribution in [2.45, 2.75) is 51.0 Å². The van der Waals surface area contributed by atoms with Crippen LogP contribution in [0.2, 0.25) is 5.02 Å². The first-order chi connectivity index (χ1) is 14.8. The smallest absolute Gasteiger partial charge is 0.287 e. The van der Waals surface area contributed by atoms with Gasteiger partial charge in [-0.3, -0.25) is 4.79 Å². The zero-order valence-corrected chi connectivity index (χ0v) is 18.9. The van der Waals surface area contributed by atoms with Crippen LogP contribution in [-0.2, 0) is 7.05 Å². The van der Waals surface area contributed by atoms with E-state index >= 15 is 0 Å². The number of rotatable bonds is 4. The topological polar surface area (TPSA) is 67.2 Å². The summed E-state index contributed by atoms with van der Waals surface area (Å²) in [6.45, 7) is 2.82. The number of hydrogen-bond donors (Lipinski definition) is 2. The number of hydrogen-bond acceptors (Lipinski definition) is 3. The van der Waals surface area contributed by atoms with Gasteiger partial charge in [-0.05, 0) is 60.8 Å². The molecule has 1 saturated carbocycles. The summed E-state index contributed by atoms with van der Waals surface area (Å²) in [5, 5.41) is 14.2. The number of aliphatic hydroxyl groups excluding tert-OH is 1. The molecule has 0 spiro atoms. The van der Waals surface area contributed by atoms with Gasteiger partial charge in [0, 0.05) is 18.6 Å². The van der Waals surface area contributed by atoms with Crippen LogP contribution in [0.3, 0.4) is 0 Å². The second-order valence-electron chi connectivity index (χ2n) is 9.21. The third-order valence-electron chi connectivity index (χ3n) is 6.61. The highest BCUT2D eigenvalue weighted by atomic mass is 35.5. The second-order valence-corrected chi connectivity index (χ2v) is 9.65. The van der Waals surface area contributed by atoms with Gasteiger partial charge in [0.15, 0.2) is 5.82 Å². The lowest BCUT2D eigenvalue weighted by molar-refractivity contribution is 0.0856. The monoisotopic (exact) mass is 439 g/mol. The Morgan fingerprint density at radius 2 is 2.06 bits per heavy atom. The highest BCUT2D eigenvalue weighted by molar-refractivity contribution is 6.31. The third-order valence-corrected chi connectivity index (χ3v) is 6.84. The summed E-state index contributed by atoms with van der Waals surface area (Å²) in [4.78, 5) is 17.5. The molecule has 4 rings (SSSR count). The van der Waals surface area contributed by atoms with E-state index < -0.39 is 0 Å². The quantitative estimate of drug-likeness (QED) is 0.596. The van der Waals surface area contributed by atoms with Crippen molar-refractivity contribution in [2.24, 2.45) is 12.5 Å². The van der Waals surface area contributed by atoms with Crippen LogP contribution in [0.5, 0.6) is 0 Å². The Kier molecular flexibility index (Phi) is 6.35. The Labute approximate surface area is 188 Å². The number of halogens is 1. The van der Waals surface area contributed by atoms with Gasteiger partial charge in [0.2, 0.25) is 0 Å². The standard InChI is InChI=1S/C25H30ClN3O2/c1-25(12-6-9-20(30)13-18(15-25)17-7-4-3-5-8-17)16-27-24(31)23-28-21-14-19(26)10-11-22(21)29(23)2/h3-5,7-8,10-11,14,18,20,30H,6,9,12-13,15-16H2,1-2H3,(H,27,31)/t18-,20+,25+/m0/s1. The van der Waals surface area contributed by atoms with Crippen LogP contribution in [0.25, 0.3) is 11.0 Å². The van der Waals surface area contributed by atoms with Gasteiger partial charge in [0.1, 0.15) is 0 Å². The number of fused-ring (bicyclic) bond motifs is 1. The lowest BCUT2D eigenvalue weighted by Gasteiger charge is -2.37. The summed E-state index contributed by atoms with van der Waals surface area (Å²) in [5.74, 6) is 0.493. The van der Waals surface area contributed by atoms with Crippen molar-refractivity contribution in [3.8, 4) is 0 Å². The molecule has 0 saturated heterocycles. The van der Waals surface area contributed by atoms with Gasteiger partial charge in [-0.2, -0.15) is 0 Å². The normalized spacial score (nSPS) is 24.5. The molecule has 0 aliphatic heterocycles. The van der Waals surface area contributed by atoms with E-state index in [-0.39, 0.29) is 23.3 Å². The van der Waals surface area contributed by atoms with Gasteiger partial charge < -0.3 is 15.0 Å². The lowest BCUT2D eigenvalue weighted by Crippen LogP contribution is -2.39. The number of imidazole rings is 1. The summed E-state index contributed by atoms with van der Waals surface area (Å²) in [5.41, 5.74) is 2.80. The molecule has 6 heteroatoms. The van der Waals surface area contributed by atoms with Gasteiger partial charge in [-0.25, -0.2) is 4.98 Å². The molecule has 164 valence electrons. The Hall–Kier alpha value is -2.37. The molecule has 0 bridgehead atoms. The van der Waals surface area contributed by atoms with Gasteiger partial charge in [-0.15, -0.1) is 0 Å². The Bertz CT molecular complexity index is 1070. The zero-order valence-electron chi connectivity index (χ0n) is 18.1. The molecule has 2 N–H and O–H groups in total. The maximum absolute atomic E-state index is 13.0. The lowest BCUT2D eigenvalue weighted by atomic mass is 9.71. The van der Waals surface area contributed by atoms with Crippen molar-refractivity contribution in [1.82, 2.24) is 14.9 Å². The average Bonchev–Trinajstić information content (AvgIpc) is 3.07. The summed E-state index contributed by atoms with van der Waals surface area (Å²) < 4.78 is 1.81. The zero-order chi connectivity index (χ0) is 22.0. The van der Waals surface area contributed by atoms with E-state index in [0.29, 0.717) is 17.4 Å². The highest BCUT2D eigenvalue weighted by Crippen LogP contribution is 2.40. The maximum atomic E-state index is 13.0. The number of carbonyl (C=O) groups excluding carboxylic acids is 1. The predicted octanol–water partition coefficient (Wildman–Crippen LogP) is 5.07. The number of nitrogens with one attached hydrogen (secondary N) is 1. The first kappa shape index (κ1) is 21.8. The number of aromatic nitrogens is 2. The summed E-state index contributed by atoms with van der Waals surface area (Å²) in [6.07, 6.45) is 4.14. The van der Waals surface area contributed by atoms with Crippen molar-refractivity contribution >= 4 is 28.5 Å². The van der Waals surface area contributed by atoms with Gasteiger partial charge in [0.05, 0.1) is 17.1 Å². The van der Waals surface area contributed by atoms with Crippen molar-refractivity contribution in [1.29, 1.82) is 0 Å². The Morgan fingerprint density at radius 3 is 2.84 bits per heavy atom. The van der Waals surface area contributed by atoms with Crippen LogP contribution in [0.4, 0.5) is 0 Å². The van der Waals surface area contributed by atoms with Gasteiger partial charge in [-0.1, -0.05) is 55.3 Å². The molecular formula is C25H30ClN3O2. The fourth-order valence-corrected chi connectivity index (χ4v) is 5.05. The minimum Gasteiger partial charge on any atom is -0.393 e. The van der Waals surface area contributed by atoms with Gasteiger partial charge >= 0.3 is 0 Å². The highest BCUT2D eigenvalue weighted by Gasteiger charge is 2.33. The molecule has 1 aliphatic rings. The number of nitrogens with zero attached hydrogens (tertiary/aromatic N) is 2. The summed E-state index contributed by atoms with van der Waals surface area (Å²) in [7, 11) is 1.85. The van der Waals surface area contributed by atoms with E-state index in [0.717, 1.165) is 43.1 Å². The molecular weight excluding hydrogens is 410 g/mol. The molecule has 1 aromatic heterocycles. The molecule has 3 aromatic rings. The second kappa shape index (κ2) is 9.01. The van der Waals surface area contributed by atoms with E-state index in [9.17, 15) is 9.90 Å². The molecule has 31 heavy (non-hydrogen) atoms. The van der Waals surface area contributed by atoms with Crippen LogP contribution in [0, 0.1) is 5.41 Å². The Morgan fingerprint density at radius 1 is 1.29 bits per heavy atom. The molecule has 5 nitrogen and oxygen atoms in total. The Balaban J connectivity index is 1.50. The van der Waals surface area contributed by atoms with E-state index in [4.69, 9.17) is 11.6 Å². The van der Waals surface area contributed by atoms with Crippen LogP contribution in [0.1, 0.15) is 61.1 Å². The molecule has 3 atom stereocenters. The molecule has 0 radical (unpaired) electrons. The van der Waals surface area contributed by atoms with Crippen LogP contribution >= 0.6 is 11.6 Å². The average molecular weight is 440 g/mol. The minimum absolute atomic E-state index is 0.0514. The molecule has 1 heterocycles. The third kappa shape index (κ3) is 4.94. The van der Waals surface area contributed by atoms with E-state index in [1.165, 1.54) is 5.56 Å². The number of benzene rings is 2. The largest absolute Gasteiger partial charge is 0.393 e. The maximum Gasteiger partial charge on any atom is 0.287 e. The van der Waals surface area contributed by atoms with Crippen molar-refractivity contribution < 1.29 is 9.90 Å². The summed E-state index contributed by atoms with van der Waals surface area (Å²) in [6, 6.07) is 15.9. The van der Waals surface area contributed by atoms with Crippen molar-refractivity contribution in [3.05, 3.63) is 64.9 Å².